The Kier molecular flexibility index (Phi) is 7.15. The number of nitrogens with zero attached hydrogens (tertiary/aromatic N) is 1. The quantitative estimate of drug-likeness (QED) is 0.490. The molecule has 0 radical (unpaired) electrons. The van der Waals surface area contributed by atoms with Crippen LogP contribution >= 0.6 is 0 Å². The number of ether oxygens (including phenoxy) is 1. The third kappa shape index (κ3) is 5.69. The van der Waals surface area contributed by atoms with Crippen LogP contribution in [0.1, 0.15) is 36.6 Å². The summed E-state index contributed by atoms with van der Waals surface area (Å²) in [6, 6.07) is 23.1. The molecule has 2 atom stereocenters. The van der Waals surface area contributed by atoms with Crippen molar-refractivity contribution in [2.75, 3.05) is 10.6 Å². The molecule has 1 aliphatic heterocycles. The van der Waals surface area contributed by atoms with Gasteiger partial charge in [0, 0.05) is 17.3 Å². The molecule has 0 spiro atoms. The first-order valence-corrected chi connectivity index (χ1v) is 11.6. The summed E-state index contributed by atoms with van der Waals surface area (Å²) in [6.07, 6.45) is -1.35. The lowest BCUT2D eigenvalue weighted by Gasteiger charge is -2.24. The molecule has 0 aliphatic carbocycles. The van der Waals surface area contributed by atoms with Gasteiger partial charge >= 0.3 is 6.09 Å². The third-order valence-corrected chi connectivity index (χ3v) is 5.86. The first-order chi connectivity index (χ1) is 16.8. The summed E-state index contributed by atoms with van der Waals surface area (Å²) in [7, 11) is 0. The van der Waals surface area contributed by atoms with Crippen LogP contribution in [0.3, 0.4) is 0 Å². The molecule has 7 nitrogen and oxygen atoms in total. The molecule has 3 aromatic carbocycles. The van der Waals surface area contributed by atoms with E-state index in [0.717, 1.165) is 11.1 Å². The molecule has 35 heavy (non-hydrogen) atoms. The smallest absolute Gasteiger partial charge is 0.411 e. The van der Waals surface area contributed by atoms with Gasteiger partial charge in [0.15, 0.2) is 12.1 Å². The summed E-state index contributed by atoms with van der Waals surface area (Å²) in [4.78, 5) is 39.9. The van der Waals surface area contributed by atoms with E-state index < -0.39 is 18.2 Å². The first kappa shape index (κ1) is 24.0. The third-order valence-electron chi connectivity index (χ3n) is 5.86. The standard InChI is InChI=1S/C28H29N3O4/c1-18(2)26(32)29-23-14-12-21(13-15-23)25-24(27(33)30-22-10-5-4-6-11-22)31(28(34)35-25)17-20-9-7-8-19(3)16-20/h4-16,18,24-25H,17H2,1-3H3,(H,29,32)(H,30,33)/t24-,25-/m0/s1. The normalized spacial score (nSPS) is 17.3. The second kappa shape index (κ2) is 10.4. The monoisotopic (exact) mass is 471 g/mol. The van der Waals surface area contributed by atoms with Gasteiger partial charge in [0.05, 0.1) is 6.54 Å². The highest BCUT2D eigenvalue weighted by atomic mass is 16.6. The van der Waals surface area contributed by atoms with Crippen molar-refractivity contribution in [2.45, 2.75) is 39.5 Å². The Bertz CT molecular complexity index is 1210. The number of rotatable bonds is 7. The van der Waals surface area contributed by atoms with Crippen LogP contribution in [0.2, 0.25) is 0 Å². The van der Waals surface area contributed by atoms with Crippen LogP contribution in [0.15, 0.2) is 78.9 Å². The molecule has 1 aliphatic rings. The number of para-hydroxylation sites is 1. The Morgan fingerprint density at radius 1 is 0.914 bits per heavy atom. The first-order valence-electron chi connectivity index (χ1n) is 11.6. The van der Waals surface area contributed by atoms with Crippen LogP contribution < -0.4 is 10.6 Å². The lowest BCUT2D eigenvalue weighted by atomic mass is 10.00. The Morgan fingerprint density at radius 3 is 2.26 bits per heavy atom. The number of benzene rings is 3. The van der Waals surface area contributed by atoms with E-state index in [4.69, 9.17) is 4.74 Å². The molecule has 3 aromatic rings. The maximum absolute atomic E-state index is 13.5. The molecule has 0 aromatic heterocycles. The van der Waals surface area contributed by atoms with Gasteiger partial charge in [-0.1, -0.05) is 74.0 Å². The lowest BCUT2D eigenvalue weighted by molar-refractivity contribution is -0.121. The van der Waals surface area contributed by atoms with Gasteiger partial charge < -0.3 is 15.4 Å². The van der Waals surface area contributed by atoms with Crippen molar-refractivity contribution in [3.63, 3.8) is 0 Å². The van der Waals surface area contributed by atoms with Crippen molar-refractivity contribution >= 4 is 29.3 Å². The maximum atomic E-state index is 13.5. The molecule has 180 valence electrons. The zero-order chi connectivity index (χ0) is 24.9. The molecule has 3 amide bonds. The van der Waals surface area contributed by atoms with E-state index in [1.165, 1.54) is 4.90 Å². The molecular weight excluding hydrogens is 442 g/mol. The second-order valence-corrected chi connectivity index (χ2v) is 8.99. The molecule has 1 fully saturated rings. The second-order valence-electron chi connectivity index (χ2n) is 8.99. The number of hydrogen-bond acceptors (Lipinski definition) is 4. The van der Waals surface area contributed by atoms with E-state index in [9.17, 15) is 14.4 Å². The topological polar surface area (TPSA) is 87.7 Å². The summed E-state index contributed by atoms with van der Waals surface area (Å²) in [5.41, 5.74) is 3.92. The van der Waals surface area contributed by atoms with Gasteiger partial charge in [-0.3, -0.25) is 14.5 Å². The molecule has 0 bridgehead atoms. The van der Waals surface area contributed by atoms with E-state index >= 15 is 0 Å². The summed E-state index contributed by atoms with van der Waals surface area (Å²) >= 11 is 0. The molecule has 4 rings (SSSR count). The van der Waals surface area contributed by atoms with Crippen molar-refractivity contribution in [3.05, 3.63) is 95.6 Å². The van der Waals surface area contributed by atoms with E-state index in [-0.39, 0.29) is 24.3 Å². The van der Waals surface area contributed by atoms with Gasteiger partial charge in [-0.25, -0.2) is 4.79 Å². The summed E-state index contributed by atoms with van der Waals surface area (Å²) in [5, 5.41) is 5.76. The molecule has 1 heterocycles. The molecule has 7 heteroatoms. The zero-order valence-electron chi connectivity index (χ0n) is 20.0. The number of cyclic esters (lactones) is 1. The minimum absolute atomic E-state index is 0.0884. The van der Waals surface area contributed by atoms with Gasteiger partial charge in [0.1, 0.15) is 0 Å². The largest absolute Gasteiger partial charge is 0.438 e. The van der Waals surface area contributed by atoms with Crippen LogP contribution in [0.4, 0.5) is 16.2 Å². The Hall–Kier alpha value is -4.13. The predicted molar refractivity (Wildman–Crippen MR) is 135 cm³/mol. The van der Waals surface area contributed by atoms with Crippen molar-refractivity contribution in [2.24, 2.45) is 5.92 Å². The Morgan fingerprint density at radius 2 is 1.60 bits per heavy atom. The number of nitrogens with one attached hydrogen (secondary N) is 2. The minimum atomic E-state index is -0.876. The highest BCUT2D eigenvalue weighted by Gasteiger charge is 2.47. The summed E-state index contributed by atoms with van der Waals surface area (Å²) in [6.45, 7) is 5.86. The number of aryl methyl sites for hydroxylation is 1. The summed E-state index contributed by atoms with van der Waals surface area (Å²) in [5.74, 6) is -0.571. The van der Waals surface area contributed by atoms with Crippen molar-refractivity contribution < 1.29 is 19.1 Å². The zero-order valence-corrected chi connectivity index (χ0v) is 20.0. The van der Waals surface area contributed by atoms with Crippen LogP contribution in [-0.2, 0) is 20.9 Å². The van der Waals surface area contributed by atoms with Crippen molar-refractivity contribution in [1.29, 1.82) is 0 Å². The van der Waals surface area contributed by atoms with E-state index in [1.54, 1.807) is 36.4 Å². The number of carbonyl (C=O) groups is 3. The van der Waals surface area contributed by atoms with Crippen molar-refractivity contribution in [3.8, 4) is 0 Å². The molecular formula is C28H29N3O4. The van der Waals surface area contributed by atoms with Crippen LogP contribution in [0.25, 0.3) is 0 Å². The van der Waals surface area contributed by atoms with Gasteiger partial charge in [0.25, 0.3) is 5.91 Å². The molecule has 1 saturated heterocycles. The van der Waals surface area contributed by atoms with E-state index in [0.29, 0.717) is 16.9 Å². The number of hydrogen-bond donors (Lipinski definition) is 2. The number of amides is 3. The molecule has 2 N–H and O–H groups in total. The average Bonchev–Trinajstić information content (AvgIpc) is 3.16. The van der Waals surface area contributed by atoms with Gasteiger partial charge in [-0.05, 0) is 42.3 Å². The minimum Gasteiger partial charge on any atom is -0.438 e. The SMILES string of the molecule is Cc1cccc(CN2C(=O)O[C@@H](c3ccc(NC(=O)C(C)C)cc3)[C@H]2C(=O)Nc2ccccc2)c1. The van der Waals surface area contributed by atoms with Crippen molar-refractivity contribution in [1.82, 2.24) is 4.90 Å². The fraction of sp³-hybridized carbons (Fsp3) is 0.250. The fourth-order valence-corrected chi connectivity index (χ4v) is 4.00. The van der Waals surface area contributed by atoms with E-state index in [1.807, 2.05) is 63.2 Å². The van der Waals surface area contributed by atoms with Gasteiger partial charge in [-0.15, -0.1) is 0 Å². The highest BCUT2D eigenvalue weighted by Crippen LogP contribution is 2.35. The summed E-state index contributed by atoms with van der Waals surface area (Å²) < 4.78 is 5.73. The lowest BCUT2D eigenvalue weighted by Crippen LogP contribution is -2.43. The number of carbonyl (C=O) groups excluding carboxylic acids is 3. The van der Waals surface area contributed by atoms with Crippen LogP contribution in [-0.4, -0.2) is 28.8 Å². The van der Waals surface area contributed by atoms with Crippen LogP contribution in [0.5, 0.6) is 0 Å². The van der Waals surface area contributed by atoms with E-state index in [2.05, 4.69) is 10.6 Å². The average molecular weight is 472 g/mol. The predicted octanol–water partition coefficient (Wildman–Crippen LogP) is 5.29. The maximum Gasteiger partial charge on any atom is 0.411 e. The molecule has 0 unspecified atom stereocenters. The highest BCUT2D eigenvalue weighted by molar-refractivity contribution is 5.98. The van der Waals surface area contributed by atoms with Crippen LogP contribution in [0, 0.1) is 12.8 Å². The number of anilines is 2. The van der Waals surface area contributed by atoms with Gasteiger partial charge in [0.2, 0.25) is 5.91 Å². The Balaban J connectivity index is 1.62. The Labute approximate surface area is 205 Å². The fourth-order valence-electron chi connectivity index (χ4n) is 4.00. The molecule has 0 saturated carbocycles. The van der Waals surface area contributed by atoms with Gasteiger partial charge in [-0.2, -0.15) is 0 Å².